The van der Waals surface area contributed by atoms with Crippen LogP contribution in [0.4, 0.5) is 13.2 Å². The molecule has 1 rings (SSSR count). The lowest BCUT2D eigenvalue weighted by Gasteiger charge is -2.22. The fourth-order valence-corrected chi connectivity index (χ4v) is 2.28. The highest BCUT2D eigenvalue weighted by molar-refractivity contribution is 7.12. The Balaban J connectivity index is 2.84. The quantitative estimate of drug-likeness (QED) is 0.924. The van der Waals surface area contributed by atoms with Gasteiger partial charge in [0.05, 0.1) is 11.6 Å². The molecule has 0 spiro atoms. The zero-order valence-electron chi connectivity index (χ0n) is 8.50. The molecule has 1 N–H and O–H groups in total. The molecule has 0 saturated heterocycles. The van der Waals surface area contributed by atoms with Crippen molar-refractivity contribution in [2.75, 3.05) is 19.7 Å². The van der Waals surface area contributed by atoms with Crippen LogP contribution in [0.5, 0.6) is 0 Å². The first kappa shape index (κ1) is 14.3. The molecule has 96 valence electrons. The highest BCUT2D eigenvalue weighted by Crippen LogP contribution is 2.25. The second kappa shape index (κ2) is 5.70. The van der Waals surface area contributed by atoms with Gasteiger partial charge in [-0.25, -0.2) is 0 Å². The van der Waals surface area contributed by atoms with E-state index < -0.39 is 25.2 Å². The number of rotatable bonds is 4. The topological polar surface area (TPSA) is 40.5 Å². The van der Waals surface area contributed by atoms with E-state index in [1.54, 1.807) is 0 Å². The van der Waals surface area contributed by atoms with Gasteiger partial charge in [0.2, 0.25) is 0 Å². The summed E-state index contributed by atoms with van der Waals surface area (Å²) >= 11 is 6.64. The third kappa shape index (κ3) is 4.18. The van der Waals surface area contributed by atoms with Gasteiger partial charge in [0.1, 0.15) is 11.4 Å². The summed E-state index contributed by atoms with van der Waals surface area (Å²) in [6, 6.07) is 1.43. The predicted molar refractivity (Wildman–Crippen MR) is 58.4 cm³/mol. The minimum Gasteiger partial charge on any atom is -0.395 e. The van der Waals surface area contributed by atoms with Crippen LogP contribution in [0.1, 0.15) is 9.67 Å². The van der Waals surface area contributed by atoms with Crippen LogP contribution in [-0.4, -0.2) is 41.8 Å². The Bertz CT molecular complexity index is 394. The normalized spacial score (nSPS) is 11.6. The van der Waals surface area contributed by atoms with Gasteiger partial charge in [-0.05, 0) is 11.4 Å². The van der Waals surface area contributed by atoms with Crippen molar-refractivity contribution in [3.8, 4) is 0 Å². The Morgan fingerprint density at radius 3 is 2.59 bits per heavy atom. The zero-order chi connectivity index (χ0) is 13.1. The van der Waals surface area contributed by atoms with Gasteiger partial charge in [-0.1, -0.05) is 11.6 Å². The first-order chi connectivity index (χ1) is 7.85. The molecule has 17 heavy (non-hydrogen) atoms. The van der Waals surface area contributed by atoms with E-state index in [1.807, 2.05) is 0 Å². The van der Waals surface area contributed by atoms with Gasteiger partial charge in [-0.3, -0.25) is 4.79 Å². The summed E-state index contributed by atoms with van der Waals surface area (Å²) in [6.07, 6.45) is -4.51. The maximum absolute atomic E-state index is 12.2. The average molecular weight is 288 g/mol. The van der Waals surface area contributed by atoms with Crippen molar-refractivity contribution < 1.29 is 23.1 Å². The van der Waals surface area contributed by atoms with Crippen molar-refractivity contribution in [3.05, 3.63) is 21.3 Å². The molecular formula is C9H9ClF3NO2S. The van der Waals surface area contributed by atoms with E-state index in [-0.39, 0.29) is 16.4 Å². The van der Waals surface area contributed by atoms with Crippen molar-refractivity contribution >= 4 is 28.8 Å². The molecule has 0 fully saturated rings. The van der Waals surface area contributed by atoms with Crippen molar-refractivity contribution in [2.45, 2.75) is 6.18 Å². The Morgan fingerprint density at radius 2 is 2.18 bits per heavy atom. The van der Waals surface area contributed by atoms with Crippen molar-refractivity contribution in [2.24, 2.45) is 0 Å². The van der Waals surface area contributed by atoms with E-state index in [4.69, 9.17) is 16.7 Å². The molecule has 0 aromatic carbocycles. The van der Waals surface area contributed by atoms with E-state index in [0.29, 0.717) is 4.90 Å². The molecule has 0 aliphatic rings. The number of aliphatic hydroxyl groups is 1. The number of alkyl halides is 3. The summed E-state index contributed by atoms with van der Waals surface area (Å²) < 4.78 is 36.7. The maximum Gasteiger partial charge on any atom is 0.406 e. The molecule has 1 heterocycles. The van der Waals surface area contributed by atoms with Gasteiger partial charge in [0.25, 0.3) is 5.91 Å². The van der Waals surface area contributed by atoms with Crippen molar-refractivity contribution in [3.63, 3.8) is 0 Å². The highest BCUT2D eigenvalue weighted by atomic mass is 35.5. The number of carbonyl (C=O) groups is 1. The summed E-state index contributed by atoms with van der Waals surface area (Å²) in [4.78, 5) is 12.3. The highest BCUT2D eigenvalue weighted by Gasteiger charge is 2.33. The lowest BCUT2D eigenvalue weighted by molar-refractivity contribution is -0.141. The van der Waals surface area contributed by atoms with Crippen LogP contribution >= 0.6 is 22.9 Å². The van der Waals surface area contributed by atoms with Crippen LogP contribution in [0.25, 0.3) is 0 Å². The molecule has 0 unspecified atom stereocenters. The van der Waals surface area contributed by atoms with Gasteiger partial charge in [-0.15, -0.1) is 11.3 Å². The van der Waals surface area contributed by atoms with Gasteiger partial charge in [-0.2, -0.15) is 13.2 Å². The van der Waals surface area contributed by atoms with Gasteiger partial charge in [0.15, 0.2) is 0 Å². The second-order valence-electron chi connectivity index (χ2n) is 3.16. The third-order valence-electron chi connectivity index (χ3n) is 1.84. The molecule has 0 aliphatic heterocycles. The van der Waals surface area contributed by atoms with E-state index in [9.17, 15) is 18.0 Å². The molecule has 1 amide bonds. The molecule has 1 aromatic rings. The third-order valence-corrected chi connectivity index (χ3v) is 3.17. The molecule has 8 heteroatoms. The van der Waals surface area contributed by atoms with Crippen LogP contribution in [0.2, 0.25) is 5.02 Å². The Hall–Kier alpha value is -0.790. The van der Waals surface area contributed by atoms with Gasteiger partial charge >= 0.3 is 6.18 Å². The maximum atomic E-state index is 12.2. The number of nitrogens with zero attached hydrogens (tertiary/aromatic N) is 1. The monoisotopic (exact) mass is 287 g/mol. The van der Waals surface area contributed by atoms with E-state index in [0.717, 1.165) is 11.3 Å². The molecule has 0 aliphatic carbocycles. The fourth-order valence-electron chi connectivity index (χ4n) is 1.18. The number of hydrogen-bond acceptors (Lipinski definition) is 3. The standard InChI is InChI=1S/C9H9ClF3NO2S/c10-6-1-4-17-7(6)8(16)14(2-3-15)5-9(11,12)13/h1,4,15H,2-3,5H2. The average Bonchev–Trinajstić information content (AvgIpc) is 2.61. The first-order valence-corrected chi connectivity index (χ1v) is 5.81. The summed E-state index contributed by atoms with van der Waals surface area (Å²) in [7, 11) is 0. The Morgan fingerprint density at radius 1 is 1.53 bits per heavy atom. The Labute approximate surface area is 104 Å². The summed E-state index contributed by atoms with van der Waals surface area (Å²) in [5.74, 6) is -0.823. The predicted octanol–water partition coefficient (Wildman–Crippen LogP) is 2.40. The van der Waals surface area contributed by atoms with Crippen molar-refractivity contribution in [1.82, 2.24) is 4.90 Å². The SMILES string of the molecule is O=C(c1sccc1Cl)N(CCO)CC(F)(F)F. The summed E-state index contributed by atoms with van der Waals surface area (Å²) in [6.45, 7) is -2.32. The Kier molecular flexibility index (Phi) is 4.79. The molecule has 0 bridgehead atoms. The van der Waals surface area contributed by atoms with Crippen LogP contribution < -0.4 is 0 Å². The minimum absolute atomic E-state index is 0.0457. The molecule has 0 atom stereocenters. The number of halogens is 4. The molecule has 0 radical (unpaired) electrons. The van der Waals surface area contributed by atoms with E-state index in [1.165, 1.54) is 11.4 Å². The number of thiophene rings is 1. The largest absolute Gasteiger partial charge is 0.406 e. The number of amides is 1. The zero-order valence-corrected chi connectivity index (χ0v) is 10.1. The van der Waals surface area contributed by atoms with Crippen LogP contribution in [0, 0.1) is 0 Å². The first-order valence-electron chi connectivity index (χ1n) is 4.55. The lowest BCUT2D eigenvalue weighted by atomic mass is 10.3. The number of carbonyl (C=O) groups excluding carboxylic acids is 1. The van der Waals surface area contributed by atoms with E-state index >= 15 is 0 Å². The minimum atomic E-state index is -4.51. The van der Waals surface area contributed by atoms with Crippen LogP contribution in [-0.2, 0) is 0 Å². The smallest absolute Gasteiger partial charge is 0.395 e. The molecular weight excluding hydrogens is 279 g/mol. The lowest BCUT2D eigenvalue weighted by Crippen LogP contribution is -2.40. The van der Waals surface area contributed by atoms with Gasteiger partial charge in [0, 0.05) is 6.54 Å². The van der Waals surface area contributed by atoms with Crippen molar-refractivity contribution in [1.29, 1.82) is 0 Å². The number of hydrogen-bond donors (Lipinski definition) is 1. The van der Waals surface area contributed by atoms with Crippen LogP contribution in [0.15, 0.2) is 11.4 Å². The number of aliphatic hydroxyl groups excluding tert-OH is 1. The summed E-state index contributed by atoms with van der Waals surface area (Å²) in [5.41, 5.74) is 0. The molecule has 3 nitrogen and oxygen atoms in total. The van der Waals surface area contributed by atoms with E-state index in [2.05, 4.69) is 0 Å². The molecule has 0 saturated carbocycles. The fraction of sp³-hybridized carbons (Fsp3) is 0.444. The summed E-state index contributed by atoms with van der Waals surface area (Å²) in [5, 5.41) is 10.3. The molecule has 1 aromatic heterocycles. The second-order valence-corrected chi connectivity index (χ2v) is 4.49. The van der Waals surface area contributed by atoms with Gasteiger partial charge < -0.3 is 10.0 Å². The van der Waals surface area contributed by atoms with Crippen LogP contribution in [0.3, 0.4) is 0 Å².